The number of hydrogen-bond donors (Lipinski definition) is 0. The summed E-state index contributed by atoms with van der Waals surface area (Å²) >= 11 is 0. The van der Waals surface area contributed by atoms with E-state index in [0.717, 1.165) is 27.9 Å². The Morgan fingerprint density at radius 3 is 2.29 bits per heavy atom. The van der Waals surface area contributed by atoms with Crippen molar-refractivity contribution in [3.05, 3.63) is 102 Å². The largest absolute Gasteiger partial charge is 0.303 e. The summed E-state index contributed by atoms with van der Waals surface area (Å²) in [7, 11) is 0. The summed E-state index contributed by atoms with van der Waals surface area (Å²) in [5, 5.41) is 2.41. The molecule has 0 aliphatic heterocycles. The number of hydrogen-bond acceptors (Lipinski definition) is 2. The Labute approximate surface area is 180 Å². The third-order valence-corrected chi connectivity index (χ3v) is 6.21. The van der Waals surface area contributed by atoms with E-state index in [2.05, 4.69) is 85.1 Å². The lowest BCUT2D eigenvalue weighted by Gasteiger charge is -2.12. The van der Waals surface area contributed by atoms with Gasteiger partial charge in [-0.1, -0.05) is 54.6 Å². The average molecular weight is 399 g/mol. The van der Waals surface area contributed by atoms with Crippen molar-refractivity contribution in [3.8, 4) is 22.4 Å². The third-order valence-electron chi connectivity index (χ3n) is 6.21. The van der Waals surface area contributed by atoms with Crippen molar-refractivity contribution in [2.75, 3.05) is 0 Å². The zero-order valence-electron chi connectivity index (χ0n) is 17.5. The summed E-state index contributed by atoms with van der Waals surface area (Å²) in [6.07, 6.45) is 2.13. The van der Waals surface area contributed by atoms with E-state index in [1.165, 1.54) is 33.2 Å². The summed E-state index contributed by atoms with van der Waals surface area (Å²) in [5.74, 6) is 0. The molecule has 0 atom stereocenters. The summed E-state index contributed by atoms with van der Waals surface area (Å²) in [6.45, 7) is 4.35. The number of nitrogens with zero attached hydrogens (tertiary/aromatic N) is 3. The lowest BCUT2D eigenvalue weighted by molar-refractivity contribution is 1.10. The van der Waals surface area contributed by atoms with Gasteiger partial charge in [0.05, 0.1) is 16.7 Å². The van der Waals surface area contributed by atoms with Crippen LogP contribution in [0.2, 0.25) is 0 Å². The van der Waals surface area contributed by atoms with E-state index in [1.807, 2.05) is 24.3 Å². The van der Waals surface area contributed by atoms with Gasteiger partial charge in [0, 0.05) is 33.8 Å². The Morgan fingerprint density at radius 2 is 1.42 bits per heavy atom. The fraction of sp³-hybridized carbons (Fsp3) is 0.0714. The molecular weight excluding hydrogens is 378 g/mol. The van der Waals surface area contributed by atoms with E-state index in [0.29, 0.717) is 0 Å². The molecular formula is C28H21N3. The van der Waals surface area contributed by atoms with Gasteiger partial charge in [-0.15, -0.1) is 0 Å². The van der Waals surface area contributed by atoms with E-state index in [-0.39, 0.29) is 0 Å². The van der Waals surface area contributed by atoms with Gasteiger partial charge >= 0.3 is 0 Å². The maximum atomic E-state index is 4.87. The number of fused-ring (bicyclic) bond motifs is 3. The first kappa shape index (κ1) is 17.8. The number of pyridine rings is 2. The summed E-state index contributed by atoms with van der Waals surface area (Å²) in [5.41, 5.74) is 10.0. The Morgan fingerprint density at radius 1 is 0.645 bits per heavy atom. The second kappa shape index (κ2) is 6.78. The highest BCUT2D eigenvalue weighted by Crippen LogP contribution is 2.32. The lowest BCUT2D eigenvalue weighted by atomic mass is 9.98. The van der Waals surface area contributed by atoms with E-state index >= 15 is 0 Å². The van der Waals surface area contributed by atoms with Crippen LogP contribution in [0.15, 0.2) is 91.1 Å². The van der Waals surface area contributed by atoms with E-state index in [1.54, 1.807) is 0 Å². The molecule has 0 fully saturated rings. The van der Waals surface area contributed by atoms with Gasteiger partial charge in [-0.05, 0) is 55.3 Å². The first-order valence-electron chi connectivity index (χ1n) is 10.5. The molecule has 31 heavy (non-hydrogen) atoms. The van der Waals surface area contributed by atoms with Crippen molar-refractivity contribution in [2.24, 2.45) is 0 Å². The summed E-state index contributed by atoms with van der Waals surface area (Å²) < 4.78 is 2.19. The van der Waals surface area contributed by atoms with E-state index < -0.39 is 0 Å². The molecule has 3 nitrogen and oxygen atoms in total. The van der Waals surface area contributed by atoms with Gasteiger partial charge in [-0.25, -0.2) is 9.97 Å². The Hall–Kier alpha value is -3.98. The van der Waals surface area contributed by atoms with E-state index in [9.17, 15) is 0 Å². The van der Waals surface area contributed by atoms with Crippen LogP contribution in [0.25, 0.3) is 49.8 Å². The van der Waals surface area contributed by atoms with Crippen LogP contribution in [0.3, 0.4) is 0 Å². The summed E-state index contributed by atoms with van der Waals surface area (Å²) in [6, 6.07) is 29.5. The Bertz CT molecular complexity index is 1590. The van der Waals surface area contributed by atoms with Crippen molar-refractivity contribution in [1.82, 2.24) is 14.4 Å². The van der Waals surface area contributed by atoms with Gasteiger partial charge < -0.3 is 4.40 Å². The smallest absolute Gasteiger partial charge is 0.137 e. The molecule has 0 N–H and O–H groups in total. The van der Waals surface area contributed by atoms with Crippen LogP contribution < -0.4 is 0 Å². The standard InChI is InChI=1S/C28H21N3/c1-18-22-10-6-7-11-25(22)29-26-14-12-21(16-24(18)26)23-13-15-28-30-27(17-31(28)19(23)2)20-8-4-3-5-9-20/h3-17H,1-2H3. The molecule has 3 heteroatoms. The maximum absolute atomic E-state index is 4.87. The maximum Gasteiger partial charge on any atom is 0.137 e. The number of aromatic nitrogens is 3. The third kappa shape index (κ3) is 2.82. The predicted molar refractivity (Wildman–Crippen MR) is 128 cm³/mol. The highest BCUT2D eigenvalue weighted by molar-refractivity contribution is 5.98. The van der Waals surface area contributed by atoms with Gasteiger partial charge in [0.15, 0.2) is 0 Å². The molecule has 0 bridgehead atoms. The van der Waals surface area contributed by atoms with Gasteiger partial charge in [0.1, 0.15) is 5.65 Å². The fourth-order valence-electron chi connectivity index (χ4n) is 4.51. The Balaban J connectivity index is 1.53. The molecule has 0 saturated carbocycles. The minimum Gasteiger partial charge on any atom is -0.303 e. The molecule has 3 heterocycles. The van der Waals surface area contributed by atoms with Crippen LogP contribution in [-0.2, 0) is 0 Å². The molecule has 0 aliphatic rings. The van der Waals surface area contributed by atoms with Gasteiger partial charge in [-0.3, -0.25) is 0 Å². The van der Waals surface area contributed by atoms with Crippen molar-refractivity contribution < 1.29 is 0 Å². The van der Waals surface area contributed by atoms with E-state index in [4.69, 9.17) is 9.97 Å². The average Bonchev–Trinajstić information content (AvgIpc) is 3.26. The van der Waals surface area contributed by atoms with Crippen LogP contribution in [-0.4, -0.2) is 14.4 Å². The fourth-order valence-corrected chi connectivity index (χ4v) is 4.51. The van der Waals surface area contributed by atoms with Crippen LogP contribution in [0.4, 0.5) is 0 Å². The first-order valence-corrected chi connectivity index (χ1v) is 10.5. The predicted octanol–water partition coefficient (Wildman–Crippen LogP) is 6.99. The molecule has 0 spiro atoms. The number of benzene rings is 3. The van der Waals surface area contributed by atoms with Crippen LogP contribution in [0, 0.1) is 13.8 Å². The molecule has 0 saturated heterocycles. The lowest BCUT2D eigenvalue weighted by Crippen LogP contribution is -1.94. The quantitative estimate of drug-likeness (QED) is 0.294. The van der Waals surface area contributed by atoms with Crippen LogP contribution >= 0.6 is 0 Å². The second-order valence-electron chi connectivity index (χ2n) is 8.04. The summed E-state index contributed by atoms with van der Waals surface area (Å²) in [4.78, 5) is 9.70. The number of rotatable bonds is 2. The molecule has 0 unspecified atom stereocenters. The van der Waals surface area contributed by atoms with Crippen molar-refractivity contribution in [2.45, 2.75) is 13.8 Å². The highest BCUT2D eigenvalue weighted by atomic mass is 15.0. The zero-order valence-corrected chi connectivity index (χ0v) is 17.5. The van der Waals surface area contributed by atoms with Gasteiger partial charge in [0.25, 0.3) is 0 Å². The monoisotopic (exact) mass is 399 g/mol. The SMILES string of the molecule is Cc1c2ccccc2nc2ccc(-c3ccc4nc(-c5ccccc5)cn4c3C)cc12. The molecule has 3 aromatic heterocycles. The molecule has 0 amide bonds. The minimum absolute atomic E-state index is 0.963. The van der Waals surface area contributed by atoms with Crippen molar-refractivity contribution in [1.29, 1.82) is 0 Å². The van der Waals surface area contributed by atoms with Gasteiger partial charge in [0.2, 0.25) is 0 Å². The van der Waals surface area contributed by atoms with Crippen molar-refractivity contribution in [3.63, 3.8) is 0 Å². The molecule has 3 aromatic carbocycles. The number of para-hydroxylation sites is 1. The molecule has 148 valence electrons. The normalized spacial score (nSPS) is 11.5. The first-order chi connectivity index (χ1) is 15.2. The molecule has 6 aromatic rings. The van der Waals surface area contributed by atoms with Gasteiger partial charge in [-0.2, -0.15) is 0 Å². The Kier molecular flexibility index (Phi) is 3.90. The van der Waals surface area contributed by atoms with Crippen LogP contribution in [0.1, 0.15) is 11.3 Å². The van der Waals surface area contributed by atoms with Crippen molar-refractivity contribution >= 4 is 27.5 Å². The zero-order chi connectivity index (χ0) is 20.9. The second-order valence-corrected chi connectivity index (χ2v) is 8.04. The minimum atomic E-state index is 0.963. The van der Waals surface area contributed by atoms with Crippen LogP contribution in [0.5, 0.6) is 0 Å². The molecule has 0 radical (unpaired) electrons. The molecule has 6 rings (SSSR count). The molecule has 0 aliphatic carbocycles. The topological polar surface area (TPSA) is 30.2 Å². The number of imidazole rings is 1. The highest BCUT2D eigenvalue weighted by Gasteiger charge is 2.12. The number of aryl methyl sites for hydroxylation is 2.